The van der Waals surface area contributed by atoms with Crippen molar-refractivity contribution in [1.29, 1.82) is 0 Å². The third-order valence-electron chi connectivity index (χ3n) is 5.27. The molecule has 0 N–H and O–H groups in total. The molecule has 0 fully saturated rings. The number of fused-ring (bicyclic) bond motifs is 2. The highest BCUT2D eigenvalue weighted by Crippen LogP contribution is 2.36. The molecule has 2 aromatic heterocycles. The summed E-state index contributed by atoms with van der Waals surface area (Å²) in [7, 11) is 1.49. The lowest BCUT2D eigenvalue weighted by atomic mass is 10.2. The van der Waals surface area contributed by atoms with E-state index in [1.165, 1.54) is 18.0 Å². The average molecular weight is 484 g/mol. The van der Waals surface area contributed by atoms with Gasteiger partial charge in [-0.15, -0.1) is 6.42 Å². The standard InChI is InChI=1S/C27H18ClN3O4/c1-3-12-34-25-20(28)13-17(14-23(25)33-2)16-29-31-26(24-15-18-8-4-7-11-22(18)35-24)30-21-10-6-5-9-19(21)27(31)32/h1,4-11,13-16H,12H2,2H3. The van der Waals surface area contributed by atoms with Gasteiger partial charge in [-0.3, -0.25) is 4.79 Å². The van der Waals surface area contributed by atoms with Crippen molar-refractivity contribution >= 4 is 39.7 Å². The Balaban J connectivity index is 1.65. The molecule has 3 aromatic carbocycles. The molecule has 172 valence electrons. The number of nitrogens with zero attached hydrogens (tertiary/aromatic N) is 3. The normalized spacial score (nSPS) is 11.2. The van der Waals surface area contributed by atoms with Gasteiger partial charge in [0.05, 0.1) is 29.2 Å². The summed E-state index contributed by atoms with van der Waals surface area (Å²) in [6.45, 7) is 0.0442. The van der Waals surface area contributed by atoms with E-state index in [2.05, 4.69) is 16.0 Å². The Morgan fingerprint density at radius 1 is 1.17 bits per heavy atom. The van der Waals surface area contributed by atoms with Crippen LogP contribution in [0.4, 0.5) is 0 Å². The van der Waals surface area contributed by atoms with Gasteiger partial charge in [-0.2, -0.15) is 9.78 Å². The molecule has 0 radical (unpaired) electrons. The highest BCUT2D eigenvalue weighted by molar-refractivity contribution is 6.32. The number of methoxy groups -OCH3 is 1. The van der Waals surface area contributed by atoms with Crippen LogP contribution in [0.15, 0.2) is 81.0 Å². The highest BCUT2D eigenvalue weighted by Gasteiger charge is 2.17. The van der Waals surface area contributed by atoms with Crippen molar-refractivity contribution in [2.45, 2.75) is 0 Å². The molecule has 7 nitrogen and oxygen atoms in total. The fourth-order valence-corrected chi connectivity index (χ4v) is 3.95. The number of rotatable bonds is 6. The molecule has 0 aliphatic rings. The van der Waals surface area contributed by atoms with Crippen molar-refractivity contribution in [2.24, 2.45) is 5.10 Å². The van der Waals surface area contributed by atoms with Crippen LogP contribution in [-0.4, -0.2) is 29.6 Å². The van der Waals surface area contributed by atoms with E-state index in [0.29, 0.717) is 44.3 Å². The van der Waals surface area contributed by atoms with E-state index in [1.54, 1.807) is 30.3 Å². The average Bonchev–Trinajstić information content (AvgIpc) is 3.31. The van der Waals surface area contributed by atoms with Crippen molar-refractivity contribution in [1.82, 2.24) is 9.66 Å². The minimum absolute atomic E-state index is 0.0442. The van der Waals surface area contributed by atoms with Gasteiger partial charge in [0.25, 0.3) is 5.56 Å². The van der Waals surface area contributed by atoms with Gasteiger partial charge in [0.2, 0.25) is 5.82 Å². The number of furan rings is 1. The Morgan fingerprint density at radius 2 is 1.97 bits per heavy atom. The number of halogens is 1. The molecule has 35 heavy (non-hydrogen) atoms. The van der Waals surface area contributed by atoms with Crippen molar-refractivity contribution in [3.8, 4) is 35.4 Å². The lowest BCUT2D eigenvalue weighted by Gasteiger charge is -2.11. The van der Waals surface area contributed by atoms with E-state index in [9.17, 15) is 4.79 Å². The minimum atomic E-state index is -0.339. The summed E-state index contributed by atoms with van der Waals surface area (Å²) in [5, 5.41) is 6.06. The van der Waals surface area contributed by atoms with Crippen molar-refractivity contribution in [3.05, 3.63) is 87.7 Å². The second-order valence-electron chi connectivity index (χ2n) is 7.49. The van der Waals surface area contributed by atoms with E-state index in [-0.39, 0.29) is 18.0 Å². The van der Waals surface area contributed by atoms with Crippen LogP contribution in [0.1, 0.15) is 5.56 Å². The first kappa shape index (κ1) is 22.3. The molecule has 0 aliphatic carbocycles. The van der Waals surface area contributed by atoms with E-state index in [0.717, 1.165) is 5.39 Å². The smallest absolute Gasteiger partial charge is 0.282 e. The summed E-state index contributed by atoms with van der Waals surface area (Å²) in [5.74, 6) is 3.79. The predicted molar refractivity (Wildman–Crippen MR) is 137 cm³/mol. The molecule has 0 aliphatic heterocycles. The number of ether oxygens (including phenoxy) is 2. The minimum Gasteiger partial charge on any atom is -0.493 e. The third-order valence-corrected chi connectivity index (χ3v) is 5.55. The maximum absolute atomic E-state index is 13.4. The molecule has 0 saturated carbocycles. The lowest BCUT2D eigenvalue weighted by molar-refractivity contribution is 0.331. The summed E-state index contributed by atoms with van der Waals surface area (Å²) >= 11 is 6.38. The van der Waals surface area contributed by atoms with Gasteiger partial charge in [-0.25, -0.2) is 4.98 Å². The Bertz CT molecular complexity index is 1660. The van der Waals surface area contributed by atoms with Crippen molar-refractivity contribution < 1.29 is 13.9 Å². The van der Waals surface area contributed by atoms with Crippen LogP contribution in [0, 0.1) is 12.3 Å². The number of hydrogen-bond donors (Lipinski definition) is 0. The molecule has 0 saturated heterocycles. The maximum Gasteiger partial charge on any atom is 0.282 e. The number of aromatic nitrogens is 2. The molecule has 8 heteroatoms. The summed E-state index contributed by atoms with van der Waals surface area (Å²) in [4.78, 5) is 18.1. The predicted octanol–water partition coefficient (Wildman–Crippen LogP) is 5.37. The quantitative estimate of drug-likeness (QED) is 0.240. The van der Waals surface area contributed by atoms with Crippen LogP contribution in [-0.2, 0) is 0 Å². The van der Waals surface area contributed by atoms with Gasteiger partial charge in [0.15, 0.2) is 17.3 Å². The van der Waals surface area contributed by atoms with E-state index in [1.807, 2.05) is 36.4 Å². The molecule has 0 atom stereocenters. The molecule has 2 heterocycles. The monoisotopic (exact) mass is 483 g/mol. The summed E-state index contributed by atoms with van der Waals surface area (Å²) in [6, 6.07) is 19.8. The second kappa shape index (κ2) is 9.37. The summed E-state index contributed by atoms with van der Waals surface area (Å²) in [6.07, 6.45) is 6.76. The van der Waals surface area contributed by atoms with Crippen molar-refractivity contribution in [3.63, 3.8) is 0 Å². The molecule has 0 bridgehead atoms. The number of terminal acetylenes is 1. The molecule has 5 rings (SSSR count). The largest absolute Gasteiger partial charge is 0.493 e. The Labute approximate surface area is 205 Å². The van der Waals surface area contributed by atoms with E-state index < -0.39 is 0 Å². The maximum atomic E-state index is 13.4. The van der Waals surface area contributed by atoms with Gasteiger partial charge in [0, 0.05) is 5.39 Å². The number of hydrogen-bond acceptors (Lipinski definition) is 6. The molecule has 0 spiro atoms. The van der Waals surface area contributed by atoms with E-state index in [4.69, 9.17) is 31.9 Å². The molecule has 0 unspecified atom stereocenters. The molecule has 5 aromatic rings. The first-order valence-electron chi connectivity index (χ1n) is 10.6. The van der Waals surface area contributed by atoms with Crippen LogP contribution in [0.2, 0.25) is 5.02 Å². The Kier molecular flexibility index (Phi) is 5.96. The highest BCUT2D eigenvalue weighted by atomic mass is 35.5. The molecule has 0 amide bonds. The van der Waals surface area contributed by atoms with Crippen LogP contribution in [0.3, 0.4) is 0 Å². The van der Waals surface area contributed by atoms with Crippen molar-refractivity contribution in [2.75, 3.05) is 13.7 Å². The van der Waals surface area contributed by atoms with Crippen LogP contribution >= 0.6 is 11.6 Å². The SMILES string of the molecule is C#CCOc1c(Cl)cc(C=Nn2c(-c3cc4ccccc4o3)nc3ccccc3c2=O)cc1OC. The molecular weight excluding hydrogens is 466 g/mol. The Hall–Kier alpha value is -4.54. The van der Waals surface area contributed by atoms with Crippen LogP contribution < -0.4 is 15.0 Å². The fraction of sp³-hybridized carbons (Fsp3) is 0.0741. The number of benzene rings is 3. The van der Waals surface area contributed by atoms with Crippen LogP contribution in [0.25, 0.3) is 33.5 Å². The zero-order valence-electron chi connectivity index (χ0n) is 18.6. The van der Waals surface area contributed by atoms with Gasteiger partial charge in [-0.1, -0.05) is 47.9 Å². The van der Waals surface area contributed by atoms with Gasteiger partial charge in [0.1, 0.15) is 12.2 Å². The van der Waals surface area contributed by atoms with Gasteiger partial charge in [-0.05, 0) is 42.0 Å². The summed E-state index contributed by atoms with van der Waals surface area (Å²) < 4.78 is 18.1. The topological polar surface area (TPSA) is 78.9 Å². The summed E-state index contributed by atoms with van der Waals surface area (Å²) in [5.41, 5.74) is 1.46. The van der Waals surface area contributed by atoms with Gasteiger partial charge < -0.3 is 13.9 Å². The fourth-order valence-electron chi connectivity index (χ4n) is 3.68. The lowest BCUT2D eigenvalue weighted by Crippen LogP contribution is -2.20. The van der Waals surface area contributed by atoms with E-state index >= 15 is 0 Å². The first-order valence-corrected chi connectivity index (χ1v) is 11.0. The zero-order chi connectivity index (χ0) is 24.4. The van der Waals surface area contributed by atoms with Crippen LogP contribution in [0.5, 0.6) is 11.5 Å². The van der Waals surface area contributed by atoms with Gasteiger partial charge >= 0.3 is 0 Å². The molecular formula is C27H18ClN3O4. The Morgan fingerprint density at radius 3 is 2.77 bits per heavy atom. The first-order chi connectivity index (χ1) is 17.1. The third kappa shape index (κ3) is 4.23. The zero-order valence-corrected chi connectivity index (χ0v) is 19.3. The second-order valence-corrected chi connectivity index (χ2v) is 7.90. The number of para-hydroxylation sites is 2.